The van der Waals surface area contributed by atoms with Crippen molar-refractivity contribution in [3.63, 3.8) is 0 Å². The van der Waals surface area contributed by atoms with Gasteiger partial charge in [0.1, 0.15) is 10.7 Å². The maximum absolute atomic E-state index is 12.3. The number of rotatable bonds is 5. The molecule has 2 aromatic rings. The number of carbonyl (C=O) groups excluding carboxylic acids is 2. The monoisotopic (exact) mass is 394 g/mol. The van der Waals surface area contributed by atoms with E-state index < -0.39 is 11.5 Å². The van der Waals surface area contributed by atoms with Crippen LogP contribution in [0.25, 0.3) is 0 Å². The average molecular weight is 394 g/mol. The Morgan fingerprint density at radius 1 is 1.31 bits per heavy atom. The number of hydrogen-bond acceptors (Lipinski definition) is 8. The highest BCUT2D eigenvalue weighted by Crippen LogP contribution is 2.37. The van der Waals surface area contributed by atoms with Gasteiger partial charge in [-0.3, -0.25) is 14.4 Å². The van der Waals surface area contributed by atoms with Crippen LogP contribution >= 0.6 is 23.1 Å². The zero-order chi connectivity index (χ0) is 18.8. The molecule has 0 saturated carbocycles. The number of aryl methyl sites for hydroxylation is 2. The lowest BCUT2D eigenvalue weighted by Gasteiger charge is -2.11. The highest BCUT2D eigenvalue weighted by Gasteiger charge is 2.25. The van der Waals surface area contributed by atoms with Crippen LogP contribution in [0.4, 0.5) is 5.00 Å². The molecule has 138 valence electrons. The zero-order valence-electron chi connectivity index (χ0n) is 14.1. The number of thiophene rings is 1. The van der Waals surface area contributed by atoms with E-state index >= 15 is 0 Å². The predicted octanol–water partition coefficient (Wildman–Crippen LogP) is 0.431. The first kappa shape index (κ1) is 18.4. The Kier molecular flexibility index (Phi) is 5.28. The number of nitrogens with zero attached hydrogens (tertiary/aromatic N) is 3. The molecule has 0 aromatic carbocycles. The van der Waals surface area contributed by atoms with Gasteiger partial charge in [0.05, 0.1) is 11.3 Å². The SMILES string of the molecule is Cc1nnc(SCC(=O)Nc2sc3c(c2C(N)=O)CCCC3)n(N)c1=O. The van der Waals surface area contributed by atoms with Crippen molar-refractivity contribution in [2.45, 2.75) is 37.8 Å². The zero-order valence-corrected chi connectivity index (χ0v) is 15.7. The van der Waals surface area contributed by atoms with E-state index in [1.807, 2.05) is 0 Å². The van der Waals surface area contributed by atoms with Crippen LogP contribution in [-0.2, 0) is 17.6 Å². The van der Waals surface area contributed by atoms with Gasteiger partial charge in [-0.25, -0.2) is 0 Å². The van der Waals surface area contributed by atoms with Gasteiger partial charge in [0.15, 0.2) is 0 Å². The van der Waals surface area contributed by atoms with Crippen LogP contribution in [0, 0.1) is 6.92 Å². The van der Waals surface area contributed by atoms with E-state index in [1.165, 1.54) is 18.3 Å². The fourth-order valence-corrected chi connectivity index (χ4v) is 4.74. The molecule has 11 heteroatoms. The molecule has 1 aliphatic rings. The predicted molar refractivity (Wildman–Crippen MR) is 100 cm³/mol. The third kappa shape index (κ3) is 3.58. The molecule has 0 bridgehead atoms. The first-order chi connectivity index (χ1) is 12.4. The van der Waals surface area contributed by atoms with Crippen molar-refractivity contribution in [3.05, 3.63) is 32.1 Å². The minimum Gasteiger partial charge on any atom is -0.365 e. The summed E-state index contributed by atoms with van der Waals surface area (Å²) in [6, 6.07) is 0. The number of fused-ring (bicyclic) bond motifs is 1. The number of nitrogens with one attached hydrogen (secondary N) is 1. The Morgan fingerprint density at radius 3 is 2.77 bits per heavy atom. The largest absolute Gasteiger partial charge is 0.365 e. The summed E-state index contributed by atoms with van der Waals surface area (Å²) < 4.78 is 0.860. The third-order valence-corrected chi connectivity index (χ3v) is 6.17. The Bertz CT molecular complexity index is 936. The maximum atomic E-state index is 12.3. The summed E-state index contributed by atoms with van der Waals surface area (Å²) in [5.74, 6) is 4.73. The molecular formula is C15H18N6O3S2. The lowest BCUT2D eigenvalue weighted by Crippen LogP contribution is -2.32. The molecule has 0 atom stereocenters. The minimum atomic E-state index is -0.535. The number of thioether (sulfide) groups is 1. The van der Waals surface area contributed by atoms with Crippen molar-refractivity contribution in [2.24, 2.45) is 5.73 Å². The average Bonchev–Trinajstić information content (AvgIpc) is 2.97. The summed E-state index contributed by atoms with van der Waals surface area (Å²) in [6.07, 6.45) is 3.76. The van der Waals surface area contributed by atoms with Crippen LogP contribution in [0.1, 0.15) is 39.3 Å². The molecule has 2 heterocycles. The highest BCUT2D eigenvalue weighted by atomic mass is 32.2. The van der Waals surface area contributed by atoms with E-state index in [-0.39, 0.29) is 22.5 Å². The first-order valence-electron chi connectivity index (χ1n) is 7.97. The molecule has 0 unspecified atom stereocenters. The maximum Gasteiger partial charge on any atom is 0.294 e. The van der Waals surface area contributed by atoms with Crippen molar-refractivity contribution in [2.75, 3.05) is 16.9 Å². The van der Waals surface area contributed by atoms with Gasteiger partial charge in [0.25, 0.3) is 11.5 Å². The lowest BCUT2D eigenvalue weighted by atomic mass is 9.95. The van der Waals surface area contributed by atoms with Crippen molar-refractivity contribution < 1.29 is 9.59 Å². The Hall–Kier alpha value is -2.40. The van der Waals surface area contributed by atoms with Gasteiger partial charge >= 0.3 is 0 Å². The Labute approximate surface area is 157 Å². The summed E-state index contributed by atoms with van der Waals surface area (Å²) in [5, 5.41) is 10.9. The summed E-state index contributed by atoms with van der Waals surface area (Å²) in [4.78, 5) is 36.9. The van der Waals surface area contributed by atoms with Crippen molar-refractivity contribution in [1.29, 1.82) is 0 Å². The second-order valence-corrected chi connectivity index (χ2v) is 7.91. The van der Waals surface area contributed by atoms with Crippen LogP contribution < -0.4 is 22.5 Å². The van der Waals surface area contributed by atoms with Gasteiger partial charge in [0.2, 0.25) is 11.1 Å². The molecule has 1 aliphatic carbocycles. The Morgan fingerprint density at radius 2 is 2.04 bits per heavy atom. The normalized spacial score (nSPS) is 13.3. The second kappa shape index (κ2) is 7.46. The van der Waals surface area contributed by atoms with E-state index in [9.17, 15) is 14.4 Å². The van der Waals surface area contributed by atoms with E-state index in [4.69, 9.17) is 11.6 Å². The molecule has 26 heavy (non-hydrogen) atoms. The van der Waals surface area contributed by atoms with Crippen LogP contribution in [0.15, 0.2) is 9.95 Å². The molecule has 0 fully saturated rings. The number of carbonyl (C=O) groups is 2. The topological polar surface area (TPSA) is 146 Å². The molecule has 0 saturated heterocycles. The number of hydrogen-bond donors (Lipinski definition) is 3. The van der Waals surface area contributed by atoms with Crippen molar-refractivity contribution in [3.8, 4) is 0 Å². The summed E-state index contributed by atoms with van der Waals surface area (Å²) in [5.41, 5.74) is 6.59. The number of nitrogen functional groups attached to an aromatic ring is 1. The third-order valence-electron chi connectivity index (χ3n) is 4.02. The van der Waals surface area contributed by atoms with Gasteiger partial charge in [-0.05, 0) is 38.2 Å². The highest BCUT2D eigenvalue weighted by molar-refractivity contribution is 7.99. The van der Waals surface area contributed by atoms with Crippen LogP contribution in [0.3, 0.4) is 0 Å². The molecule has 2 amide bonds. The Balaban J connectivity index is 1.73. The number of anilines is 1. The van der Waals surface area contributed by atoms with Crippen LogP contribution in [0.5, 0.6) is 0 Å². The van der Waals surface area contributed by atoms with E-state index in [2.05, 4.69) is 15.5 Å². The van der Waals surface area contributed by atoms with Crippen LogP contribution in [0.2, 0.25) is 0 Å². The van der Waals surface area contributed by atoms with Crippen molar-refractivity contribution >= 4 is 39.9 Å². The summed E-state index contributed by atoms with van der Waals surface area (Å²) >= 11 is 2.39. The molecule has 0 aliphatic heterocycles. The number of primary amides is 1. The molecular weight excluding hydrogens is 376 g/mol. The fraction of sp³-hybridized carbons (Fsp3) is 0.400. The van der Waals surface area contributed by atoms with E-state index in [0.29, 0.717) is 10.6 Å². The van der Waals surface area contributed by atoms with Gasteiger partial charge in [-0.1, -0.05) is 11.8 Å². The first-order valence-corrected chi connectivity index (χ1v) is 9.77. The number of amides is 2. The minimum absolute atomic E-state index is 0.0326. The molecule has 2 aromatic heterocycles. The number of nitrogens with two attached hydrogens (primary N) is 2. The van der Waals surface area contributed by atoms with E-state index in [1.54, 1.807) is 0 Å². The van der Waals surface area contributed by atoms with Crippen LogP contribution in [-0.4, -0.2) is 32.4 Å². The standard InChI is InChI=1S/C15H18N6O3S2/c1-7-14(24)21(17)15(20-19-7)25-6-10(22)18-13-11(12(16)23)8-4-2-3-5-9(8)26-13/h2-6,17H2,1H3,(H2,16,23)(H,18,22). The number of aromatic nitrogens is 3. The van der Waals surface area contributed by atoms with Gasteiger partial charge in [-0.15, -0.1) is 21.5 Å². The van der Waals surface area contributed by atoms with Gasteiger partial charge in [0, 0.05) is 4.88 Å². The second-order valence-electron chi connectivity index (χ2n) is 5.86. The quantitative estimate of drug-likeness (QED) is 0.492. The van der Waals surface area contributed by atoms with Gasteiger partial charge in [-0.2, -0.15) is 4.68 Å². The lowest BCUT2D eigenvalue weighted by molar-refractivity contribution is -0.113. The molecule has 0 spiro atoms. The van der Waals surface area contributed by atoms with Crippen molar-refractivity contribution in [1.82, 2.24) is 14.9 Å². The molecule has 9 nitrogen and oxygen atoms in total. The summed E-state index contributed by atoms with van der Waals surface area (Å²) in [7, 11) is 0. The summed E-state index contributed by atoms with van der Waals surface area (Å²) in [6.45, 7) is 1.50. The molecule has 0 radical (unpaired) electrons. The van der Waals surface area contributed by atoms with Gasteiger partial charge < -0.3 is 16.9 Å². The van der Waals surface area contributed by atoms with E-state index in [0.717, 1.165) is 52.6 Å². The fourth-order valence-electron chi connectivity index (χ4n) is 2.78. The molecule has 5 N–H and O–H groups in total. The molecule has 3 rings (SSSR count). The smallest absolute Gasteiger partial charge is 0.294 e.